The molecular formula is C22H47O4P. The van der Waals surface area contributed by atoms with Crippen LogP contribution in [0.25, 0.3) is 0 Å². The zero-order valence-electron chi connectivity index (χ0n) is 18.4. The van der Waals surface area contributed by atoms with Crippen LogP contribution in [-0.4, -0.2) is 18.1 Å². The Kier molecular flexibility index (Phi) is 19.5. The summed E-state index contributed by atoms with van der Waals surface area (Å²) in [6.07, 6.45) is 21.0. The van der Waals surface area contributed by atoms with Crippen molar-refractivity contribution in [1.29, 1.82) is 0 Å². The first-order valence-electron chi connectivity index (χ1n) is 11.6. The summed E-state index contributed by atoms with van der Waals surface area (Å²) in [5, 5.41) is 0. The van der Waals surface area contributed by atoms with Crippen LogP contribution in [0, 0.1) is 5.92 Å². The van der Waals surface area contributed by atoms with E-state index < -0.39 is 7.82 Å². The molecule has 0 aliphatic carbocycles. The lowest BCUT2D eigenvalue weighted by atomic mass is 10.0. The van der Waals surface area contributed by atoms with Crippen molar-refractivity contribution in [2.24, 2.45) is 5.92 Å². The minimum absolute atomic E-state index is 0.227. The normalized spacial score (nSPS) is 14.0. The first-order chi connectivity index (χ1) is 13.0. The van der Waals surface area contributed by atoms with Gasteiger partial charge in [0.15, 0.2) is 0 Å². The molecule has 0 fully saturated rings. The SMILES string of the molecule is CCCCCCCCCCCCCCCCCCOP(=O)(O)OCC(C)C. The van der Waals surface area contributed by atoms with Crippen LogP contribution < -0.4 is 0 Å². The molecule has 0 spiro atoms. The van der Waals surface area contributed by atoms with Crippen LogP contribution in [0.3, 0.4) is 0 Å². The van der Waals surface area contributed by atoms with Gasteiger partial charge in [0.05, 0.1) is 13.2 Å². The molecule has 0 bridgehead atoms. The third-order valence-electron chi connectivity index (χ3n) is 4.82. The van der Waals surface area contributed by atoms with Crippen molar-refractivity contribution in [3.8, 4) is 0 Å². The van der Waals surface area contributed by atoms with Gasteiger partial charge in [-0.05, 0) is 12.3 Å². The molecule has 4 nitrogen and oxygen atoms in total. The van der Waals surface area contributed by atoms with E-state index in [1.54, 1.807) is 0 Å². The van der Waals surface area contributed by atoms with Gasteiger partial charge in [0.1, 0.15) is 0 Å². The van der Waals surface area contributed by atoms with Crippen molar-refractivity contribution in [3.63, 3.8) is 0 Å². The smallest absolute Gasteiger partial charge is 0.302 e. The largest absolute Gasteiger partial charge is 0.472 e. The Labute approximate surface area is 169 Å². The fraction of sp³-hybridized carbons (Fsp3) is 1.00. The van der Waals surface area contributed by atoms with Crippen molar-refractivity contribution in [2.45, 2.75) is 124 Å². The molecular weight excluding hydrogens is 359 g/mol. The summed E-state index contributed by atoms with van der Waals surface area (Å²) in [4.78, 5) is 9.50. The van der Waals surface area contributed by atoms with Crippen molar-refractivity contribution >= 4 is 7.82 Å². The Bertz CT molecular complexity index is 347. The number of phosphoric acid groups is 1. The van der Waals surface area contributed by atoms with E-state index in [2.05, 4.69) is 6.92 Å². The number of rotatable bonds is 21. The summed E-state index contributed by atoms with van der Waals surface area (Å²) < 4.78 is 21.5. The lowest BCUT2D eigenvalue weighted by Gasteiger charge is -2.13. The quantitative estimate of drug-likeness (QED) is 0.155. The summed E-state index contributed by atoms with van der Waals surface area (Å²) in [5.41, 5.74) is 0. The van der Waals surface area contributed by atoms with E-state index in [0.717, 1.165) is 12.8 Å². The van der Waals surface area contributed by atoms with Gasteiger partial charge in [-0.2, -0.15) is 0 Å². The van der Waals surface area contributed by atoms with Gasteiger partial charge in [-0.15, -0.1) is 0 Å². The molecule has 164 valence electrons. The summed E-state index contributed by atoms with van der Waals surface area (Å²) in [7, 11) is -3.84. The number of phosphoric ester groups is 1. The minimum atomic E-state index is -3.84. The van der Waals surface area contributed by atoms with Gasteiger partial charge in [0.25, 0.3) is 0 Å². The van der Waals surface area contributed by atoms with Crippen LogP contribution >= 0.6 is 7.82 Å². The third-order valence-corrected chi connectivity index (χ3v) is 5.81. The fourth-order valence-corrected chi connectivity index (χ4v) is 4.03. The van der Waals surface area contributed by atoms with Gasteiger partial charge in [0, 0.05) is 0 Å². The molecule has 1 atom stereocenters. The molecule has 0 amide bonds. The Morgan fingerprint density at radius 3 is 1.41 bits per heavy atom. The third kappa shape index (κ3) is 22.3. The predicted molar refractivity (Wildman–Crippen MR) is 116 cm³/mol. The Balaban J connectivity index is 3.20. The molecule has 0 rings (SSSR count). The average Bonchev–Trinajstić information content (AvgIpc) is 2.62. The highest BCUT2D eigenvalue weighted by Crippen LogP contribution is 2.43. The molecule has 0 aliphatic heterocycles. The number of unbranched alkanes of at least 4 members (excludes halogenated alkanes) is 15. The van der Waals surface area contributed by atoms with Crippen molar-refractivity contribution in [2.75, 3.05) is 13.2 Å². The van der Waals surface area contributed by atoms with Crippen molar-refractivity contribution in [3.05, 3.63) is 0 Å². The van der Waals surface area contributed by atoms with Crippen LogP contribution in [0.5, 0.6) is 0 Å². The lowest BCUT2D eigenvalue weighted by Crippen LogP contribution is -2.03. The molecule has 0 aromatic rings. The summed E-state index contributed by atoms with van der Waals surface area (Å²) >= 11 is 0. The first-order valence-corrected chi connectivity index (χ1v) is 13.1. The second kappa shape index (κ2) is 19.4. The zero-order chi connectivity index (χ0) is 20.2. The fourth-order valence-electron chi connectivity index (χ4n) is 3.11. The zero-order valence-corrected chi connectivity index (χ0v) is 19.3. The molecule has 0 saturated heterocycles. The molecule has 1 unspecified atom stereocenters. The highest BCUT2D eigenvalue weighted by Gasteiger charge is 2.20. The van der Waals surface area contributed by atoms with E-state index in [1.807, 2.05) is 13.8 Å². The van der Waals surface area contributed by atoms with Gasteiger partial charge >= 0.3 is 7.82 Å². The maximum absolute atomic E-state index is 11.6. The summed E-state index contributed by atoms with van der Waals surface area (Å²) in [6.45, 7) is 6.72. The molecule has 0 aromatic heterocycles. The van der Waals surface area contributed by atoms with Gasteiger partial charge in [-0.25, -0.2) is 4.57 Å². The maximum Gasteiger partial charge on any atom is 0.472 e. The predicted octanol–water partition coefficient (Wildman–Crippen LogP) is 8.04. The molecule has 0 heterocycles. The molecule has 27 heavy (non-hydrogen) atoms. The topological polar surface area (TPSA) is 55.8 Å². The first kappa shape index (κ1) is 27.1. The van der Waals surface area contributed by atoms with Gasteiger partial charge in [0.2, 0.25) is 0 Å². The Morgan fingerprint density at radius 1 is 0.667 bits per heavy atom. The van der Waals surface area contributed by atoms with E-state index in [-0.39, 0.29) is 12.5 Å². The van der Waals surface area contributed by atoms with Crippen LogP contribution in [0.15, 0.2) is 0 Å². The summed E-state index contributed by atoms with van der Waals surface area (Å²) in [5.74, 6) is 0.227. The van der Waals surface area contributed by atoms with E-state index in [4.69, 9.17) is 9.05 Å². The Hall–Kier alpha value is 0.110. The van der Waals surface area contributed by atoms with Crippen LogP contribution in [0.4, 0.5) is 0 Å². The van der Waals surface area contributed by atoms with Crippen LogP contribution in [0.1, 0.15) is 124 Å². The molecule has 0 radical (unpaired) electrons. The molecule has 5 heteroatoms. The molecule has 0 aromatic carbocycles. The summed E-state index contributed by atoms with van der Waals surface area (Å²) in [6, 6.07) is 0. The van der Waals surface area contributed by atoms with Crippen molar-refractivity contribution in [1.82, 2.24) is 0 Å². The lowest BCUT2D eigenvalue weighted by molar-refractivity contribution is 0.135. The highest BCUT2D eigenvalue weighted by atomic mass is 31.2. The average molecular weight is 407 g/mol. The minimum Gasteiger partial charge on any atom is -0.302 e. The molecule has 0 saturated carbocycles. The second-order valence-electron chi connectivity index (χ2n) is 8.29. The molecule has 1 N–H and O–H groups in total. The monoisotopic (exact) mass is 406 g/mol. The Morgan fingerprint density at radius 2 is 1.04 bits per heavy atom. The van der Waals surface area contributed by atoms with Crippen LogP contribution in [-0.2, 0) is 13.6 Å². The van der Waals surface area contributed by atoms with Crippen LogP contribution in [0.2, 0.25) is 0 Å². The van der Waals surface area contributed by atoms with Gasteiger partial charge in [-0.1, -0.05) is 117 Å². The highest BCUT2D eigenvalue weighted by molar-refractivity contribution is 7.47. The van der Waals surface area contributed by atoms with E-state index in [0.29, 0.717) is 6.61 Å². The van der Waals surface area contributed by atoms with Crippen molar-refractivity contribution < 1.29 is 18.5 Å². The standard InChI is InChI=1S/C22H47O4P/c1-4-5-6-7-8-9-10-11-12-13-14-15-16-17-18-19-20-25-27(23,24)26-21-22(2)3/h22H,4-21H2,1-3H3,(H,23,24). The maximum atomic E-state index is 11.6. The van der Waals surface area contributed by atoms with E-state index >= 15 is 0 Å². The van der Waals surface area contributed by atoms with Gasteiger partial charge in [-0.3, -0.25) is 9.05 Å². The second-order valence-corrected chi connectivity index (χ2v) is 9.75. The van der Waals surface area contributed by atoms with E-state index in [1.165, 1.54) is 89.9 Å². The van der Waals surface area contributed by atoms with E-state index in [9.17, 15) is 9.46 Å². The number of hydrogen-bond donors (Lipinski definition) is 1. The number of hydrogen-bond acceptors (Lipinski definition) is 3. The van der Waals surface area contributed by atoms with Gasteiger partial charge < -0.3 is 4.89 Å². The molecule has 0 aliphatic rings.